The predicted molar refractivity (Wildman–Crippen MR) is 110 cm³/mol. The summed E-state index contributed by atoms with van der Waals surface area (Å²) in [6, 6.07) is 18.5. The lowest BCUT2D eigenvalue weighted by Gasteiger charge is -2.07. The first-order valence-electron chi connectivity index (χ1n) is 9.14. The second-order valence-electron chi connectivity index (χ2n) is 6.56. The Balaban J connectivity index is 1.42. The molecule has 29 heavy (non-hydrogen) atoms. The lowest BCUT2D eigenvalue weighted by Crippen LogP contribution is -2.11. The SMILES string of the molecule is COc1ccc2cc(NC(=O)c3ccc(COc4ccccc4C)o3)cnc2c1. The highest BCUT2D eigenvalue weighted by molar-refractivity contribution is 6.03. The van der Waals surface area contributed by atoms with Gasteiger partial charge in [-0.2, -0.15) is 0 Å². The van der Waals surface area contributed by atoms with E-state index in [1.165, 1.54) is 0 Å². The Hall–Kier alpha value is -3.80. The van der Waals surface area contributed by atoms with Crippen molar-refractivity contribution in [2.45, 2.75) is 13.5 Å². The van der Waals surface area contributed by atoms with E-state index in [2.05, 4.69) is 10.3 Å². The molecule has 0 fully saturated rings. The molecule has 0 saturated heterocycles. The van der Waals surface area contributed by atoms with Crippen molar-refractivity contribution in [1.29, 1.82) is 0 Å². The molecule has 0 aliphatic heterocycles. The number of fused-ring (bicyclic) bond motifs is 1. The van der Waals surface area contributed by atoms with Gasteiger partial charge in [0, 0.05) is 11.5 Å². The highest BCUT2D eigenvalue weighted by atomic mass is 16.5. The molecule has 2 heterocycles. The number of benzene rings is 2. The largest absolute Gasteiger partial charge is 0.497 e. The Labute approximate surface area is 168 Å². The topological polar surface area (TPSA) is 73.6 Å². The summed E-state index contributed by atoms with van der Waals surface area (Å²) in [6.07, 6.45) is 1.60. The number of carbonyl (C=O) groups excluding carboxylic acids is 1. The van der Waals surface area contributed by atoms with Crippen LogP contribution in [0.4, 0.5) is 5.69 Å². The molecule has 0 aliphatic rings. The number of furan rings is 1. The minimum absolute atomic E-state index is 0.211. The van der Waals surface area contributed by atoms with Gasteiger partial charge in [0.15, 0.2) is 5.76 Å². The van der Waals surface area contributed by atoms with Crippen molar-refractivity contribution in [2.24, 2.45) is 0 Å². The third-order valence-corrected chi connectivity index (χ3v) is 4.50. The van der Waals surface area contributed by atoms with E-state index in [1.807, 2.05) is 55.5 Å². The highest BCUT2D eigenvalue weighted by Crippen LogP contribution is 2.22. The summed E-state index contributed by atoms with van der Waals surface area (Å²) in [6.45, 7) is 2.22. The van der Waals surface area contributed by atoms with Crippen molar-refractivity contribution >= 4 is 22.5 Å². The van der Waals surface area contributed by atoms with Crippen molar-refractivity contribution in [3.8, 4) is 11.5 Å². The van der Waals surface area contributed by atoms with Crippen LogP contribution < -0.4 is 14.8 Å². The number of hydrogen-bond acceptors (Lipinski definition) is 5. The average Bonchev–Trinajstić information content (AvgIpc) is 3.22. The van der Waals surface area contributed by atoms with Crippen LogP contribution in [0.25, 0.3) is 10.9 Å². The number of para-hydroxylation sites is 1. The van der Waals surface area contributed by atoms with E-state index >= 15 is 0 Å². The molecule has 1 amide bonds. The number of ether oxygens (including phenoxy) is 2. The van der Waals surface area contributed by atoms with E-state index in [4.69, 9.17) is 13.9 Å². The molecule has 1 N–H and O–H groups in total. The Morgan fingerprint density at radius 2 is 1.97 bits per heavy atom. The number of nitrogens with one attached hydrogen (secondary N) is 1. The van der Waals surface area contributed by atoms with Gasteiger partial charge in [0.05, 0.1) is 24.5 Å². The van der Waals surface area contributed by atoms with Crippen LogP contribution in [-0.2, 0) is 6.61 Å². The number of nitrogens with zero attached hydrogens (tertiary/aromatic N) is 1. The van der Waals surface area contributed by atoms with E-state index in [1.54, 1.807) is 25.4 Å². The molecule has 4 rings (SSSR count). The maximum atomic E-state index is 12.5. The molecule has 146 valence electrons. The zero-order chi connectivity index (χ0) is 20.2. The van der Waals surface area contributed by atoms with Crippen LogP contribution in [0.5, 0.6) is 11.5 Å². The average molecular weight is 388 g/mol. The number of hydrogen-bond donors (Lipinski definition) is 1. The van der Waals surface area contributed by atoms with Crippen molar-refractivity contribution in [3.05, 3.63) is 83.9 Å². The van der Waals surface area contributed by atoms with Crippen molar-refractivity contribution in [2.75, 3.05) is 12.4 Å². The van der Waals surface area contributed by atoms with Crippen LogP contribution in [-0.4, -0.2) is 18.0 Å². The zero-order valence-electron chi connectivity index (χ0n) is 16.1. The molecule has 0 radical (unpaired) electrons. The summed E-state index contributed by atoms with van der Waals surface area (Å²) in [5.74, 6) is 1.96. The highest BCUT2D eigenvalue weighted by Gasteiger charge is 2.13. The number of carbonyl (C=O) groups is 1. The third kappa shape index (κ3) is 4.21. The molecule has 6 nitrogen and oxygen atoms in total. The first-order chi connectivity index (χ1) is 14.1. The summed E-state index contributed by atoms with van der Waals surface area (Å²) in [7, 11) is 1.61. The van der Waals surface area contributed by atoms with Crippen LogP contribution in [0.1, 0.15) is 21.9 Å². The fraction of sp³-hybridized carbons (Fsp3) is 0.130. The van der Waals surface area contributed by atoms with Gasteiger partial charge in [-0.05, 0) is 48.9 Å². The third-order valence-electron chi connectivity index (χ3n) is 4.50. The lowest BCUT2D eigenvalue weighted by atomic mass is 10.2. The predicted octanol–water partition coefficient (Wildman–Crippen LogP) is 4.98. The van der Waals surface area contributed by atoms with Gasteiger partial charge in [0.2, 0.25) is 0 Å². The summed E-state index contributed by atoms with van der Waals surface area (Å²) in [5.41, 5.74) is 2.41. The normalized spacial score (nSPS) is 10.7. The van der Waals surface area contributed by atoms with Gasteiger partial charge in [-0.3, -0.25) is 9.78 Å². The second-order valence-corrected chi connectivity index (χ2v) is 6.56. The molecule has 6 heteroatoms. The van der Waals surface area contributed by atoms with Gasteiger partial charge >= 0.3 is 0 Å². The monoisotopic (exact) mass is 388 g/mol. The summed E-state index contributed by atoms with van der Waals surface area (Å²) >= 11 is 0. The molecule has 2 aromatic carbocycles. The Kier molecular flexibility index (Phi) is 5.16. The Morgan fingerprint density at radius 3 is 2.79 bits per heavy atom. The Bertz CT molecular complexity index is 1170. The Morgan fingerprint density at radius 1 is 1.10 bits per heavy atom. The van der Waals surface area contributed by atoms with Crippen LogP contribution in [0.3, 0.4) is 0 Å². The van der Waals surface area contributed by atoms with E-state index in [9.17, 15) is 4.79 Å². The molecule has 0 aliphatic carbocycles. The molecule has 0 bridgehead atoms. The quantitative estimate of drug-likeness (QED) is 0.504. The second kappa shape index (κ2) is 8.06. The number of amides is 1. The minimum Gasteiger partial charge on any atom is -0.497 e. The van der Waals surface area contributed by atoms with E-state index < -0.39 is 0 Å². The first-order valence-corrected chi connectivity index (χ1v) is 9.14. The van der Waals surface area contributed by atoms with E-state index in [-0.39, 0.29) is 18.3 Å². The molecule has 0 saturated carbocycles. The maximum Gasteiger partial charge on any atom is 0.291 e. The van der Waals surface area contributed by atoms with E-state index in [0.29, 0.717) is 11.4 Å². The fourth-order valence-electron chi connectivity index (χ4n) is 2.93. The molecule has 2 aromatic heterocycles. The van der Waals surface area contributed by atoms with Crippen LogP contribution in [0, 0.1) is 6.92 Å². The standard InChI is InChI=1S/C23H20N2O4/c1-15-5-3-4-6-21(15)28-14-19-9-10-22(29-19)23(26)25-17-11-16-7-8-18(27-2)12-20(16)24-13-17/h3-13H,14H2,1-2H3,(H,25,26). The fourth-order valence-corrected chi connectivity index (χ4v) is 2.93. The molecule has 0 spiro atoms. The van der Waals surface area contributed by atoms with Gasteiger partial charge in [-0.15, -0.1) is 0 Å². The number of aromatic nitrogens is 1. The van der Waals surface area contributed by atoms with Gasteiger partial charge in [-0.25, -0.2) is 0 Å². The van der Waals surface area contributed by atoms with Crippen molar-refractivity contribution < 1.29 is 18.7 Å². The molecule has 0 atom stereocenters. The first kappa shape index (κ1) is 18.6. The van der Waals surface area contributed by atoms with Gasteiger partial charge in [0.25, 0.3) is 5.91 Å². The summed E-state index contributed by atoms with van der Waals surface area (Å²) < 4.78 is 16.6. The molecular weight excluding hydrogens is 368 g/mol. The van der Waals surface area contributed by atoms with Gasteiger partial charge in [-0.1, -0.05) is 18.2 Å². The van der Waals surface area contributed by atoms with Crippen LogP contribution in [0.2, 0.25) is 0 Å². The van der Waals surface area contributed by atoms with Crippen LogP contribution >= 0.6 is 0 Å². The van der Waals surface area contributed by atoms with Crippen molar-refractivity contribution in [3.63, 3.8) is 0 Å². The van der Waals surface area contributed by atoms with Crippen LogP contribution in [0.15, 0.2) is 71.3 Å². The number of pyridine rings is 1. The zero-order valence-corrected chi connectivity index (χ0v) is 16.1. The molecular formula is C23H20N2O4. The number of anilines is 1. The number of methoxy groups -OCH3 is 1. The van der Waals surface area contributed by atoms with Gasteiger partial charge < -0.3 is 19.2 Å². The lowest BCUT2D eigenvalue weighted by molar-refractivity contribution is 0.0992. The van der Waals surface area contributed by atoms with Crippen molar-refractivity contribution in [1.82, 2.24) is 4.98 Å². The van der Waals surface area contributed by atoms with E-state index in [0.717, 1.165) is 28.0 Å². The smallest absolute Gasteiger partial charge is 0.291 e. The number of aryl methyl sites for hydroxylation is 1. The molecule has 4 aromatic rings. The summed E-state index contributed by atoms with van der Waals surface area (Å²) in [5, 5.41) is 3.71. The molecule has 0 unspecified atom stereocenters. The summed E-state index contributed by atoms with van der Waals surface area (Å²) in [4.78, 5) is 16.9. The van der Waals surface area contributed by atoms with Gasteiger partial charge in [0.1, 0.15) is 23.9 Å². The maximum absolute atomic E-state index is 12.5. The number of rotatable bonds is 6. The minimum atomic E-state index is -0.346.